The predicted octanol–water partition coefficient (Wildman–Crippen LogP) is 2.39. The molecule has 5 rings (SSSR count). The van der Waals surface area contributed by atoms with Gasteiger partial charge in [-0.2, -0.15) is 5.10 Å². The van der Waals surface area contributed by atoms with Crippen LogP contribution in [0.3, 0.4) is 0 Å². The Morgan fingerprint density at radius 2 is 1.86 bits per heavy atom. The summed E-state index contributed by atoms with van der Waals surface area (Å²) in [6.45, 7) is 2.10. The molecule has 4 aromatic rings. The number of aromatic nitrogens is 6. The molecule has 8 heteroatoms. The monoisotopic (exact) mass is 387 g/mol. The fourth-order valence-electron chi connectivity index (χ4n) is 3.92. The maximum atomic E-state index is 12.9. The molecule has 0 aliphatic carbocycles. The summed E-state index contributed by atoms with van der Waals surface area (Å²) in [4.78, 5) is 18.8. The normalized spacial score (nSPS) is 15.1. The van der Waals surface area contributed by atoms with Crippen LogP contribution in [0.2, 0.25) is 0 Å². The molecule has 0 radical (unpaired) electrons. The zero-order chi connectivity index (χ0) is 19.6. The largest absolute Gasteiger partial charge is 0.339 e. The smallest absolute Gasteiger partial charge is 0.253 e. The van der Waals surface area contributed by atoms with E-state index in [1.165, 1.54) is 6.33 Å². The van der Waals surface area contributed by atoms with E-state index >= 15 is 0 Å². The van der Waals surface area contributed by atoms with E-state index in [4.69, 9.17) is 0 Å². The first kappa shape index (κ1) is 17.5. The van der Waals surface area contributed by atoms with Crippen LogP contribution < -0.4 is 0 Å². The van der Waals surface area contributed by atoms with Crippen molar-refractivity contribution in [3.63, 3.8) is 0 Å². The van der Waals surface area contributed by atoms with Gasteiger partial charge in [0.1, 0.15) is 18.5 Å². The third-order valence-electron chi connectivity index (χ3n) is 5.50. The number of fused-ring (bicyclic) bond motifs is 1. The van der Waals surface area contributed by atoms with Crippen molar-refractivity contribution < 1.29 is 4.79 Å². The first-order valence-corrected chi connectivity index (χ1v) is 9.78. The second-order valence-corrected chi connectivity index (χ2v) is 7.34. The summed E-state index contributed by atoms with van der Waals surface area (Å²) < 4.78 is 3.81. The Morgan fingerprint density at radius 1 is 1.03 bits per heavy atom. The summed E-state index contributed by atoms with van der Waals surface area (Å²) in [6.07, 6.45) is 6.99. The molecule has 3 aromatic heterocycles. The minimum absolute atomic E-state index is 0.0851. The van der Waals surface area contributed by atoms with Gasteiger partial charge in [-0.3, -0.25) is 9.20 Å². The molecule has 1 fully saturated rings. The Labute approximate surface area is 167 Å². The van der Waals surface area contributed by atoms with Gasteiger partial charge in [0.25, 0.3) is 5.91 Å². The molecule has 1 saturated heterocycles. The van der Waals surface area contributed by atoms with Crippen LogP contribution in [0.1, 0.15) is 40.5 Å². The Kier molecular flexibility index (Phi) is 4.51. The van der Waals surface area contributed by atoms with Crippen molar-refractivity contribution in [1.29, 1.82) is 0 Å². The van der Waals surface area contributed by atoms with E-state index < -0.39 is 0 Å². The summed E-state index contributed by atoms with van der Waals surface area (Å²) in [5, 5.41) is 12.7. The molecule has 8 nitrogen and oxygen atoms in total. The van der Waals surface area contributed by atoms with Gasteiger partial charge >= 0.3 is 0 Å². The Morgan fingerprint density at radius 3 is 2.62 bits per heavy atom. The number of rotatable bonds is 4. The van der Waals surface area contributed by atoms with Crippen molar-refractivity contribution in [1.82, 2.24) is 34.3 Å². The summed E-state index contributed by atoms with van der Waals surface area (Å²) in [5.74, 6) is 1.40. The summed E-state index contributed by atoms with van der Waals surface area (Å²) in [7, 11) is 0. The molecule has 1 aliphatic rings. The Bertz CT molecular complexity index is 1110. The van der Waals surface area contributed by atoms with Crippen molar-refractivity contribution in [3.8, 4) is 0 Å². The third-order valence-corrected chi connectivity index (χ3v) is 5.50. The van der Waals surface area contributed by atoms with Gasteiger partial charge in [-0.25, -0.2) is 9.67 Å². The second-order valence-electron chi connectivity index (χ2n) is 7.34. The van der Waals surface area contributed by atoms with Crippen LogP contribution in [0.25, 0.3) is 5.65 Å². The van der Waals surface area contributed by atoms with Crippen molar-refractivity contribution in [2.45, 2.75) is 25.3 Å². The lowest BCUT2D eigenvalue weighted by Crippen LogP contribution is -2.38. The van der Waals surface area contributed by atoms with Crippen molar-refractivity contribution in [2.24, 2.45) is 0 Å². The lowest BCUT2D eigenvalue weighted by Gasteiger charge is -2.31. The molecule has 1 aromatic carbocycles. The number of benzene rings is 1. The average molecular weight is 387 g/mol. The highest BCUT2D eigenvalue weighted by atomic mass is 16.2. The fraction of sp³-hybridized carbons (Fsp3) is 0.286. The molecule has 0 atom stereocenters. The van der Waals surface area contributed by atoms with Gasteiger partial charge in [-0.1, -0.05) is 18.2 Å². The van der Waals surface area contributed by atoms with Crippen molar-refractivity contribution >= 4 is 11.6 Å². The number of hydrogen-bond donors (Lipinski definition) is 0. The van der Waals surface area contributed by atoms with Crippen LogP contribution in [0.15, 0.2) is 61.3 Å². The highest BCUT2D eigenvalue weighted by Gasteiger charge is 2.27. The van der Waals surface area contributed by atoms with Crippen LogP contribution >= 0.6 is 0 Å². The molecule has 29 heavy (non-hydrogen) atoms. The maximum absolute atomic E-state index is 12.9. The van der Waals surface area contributed by atoms with E-state index in [1.54, 1.807) is 11.0 Å². The lowest BCUT2D eigenvalue weighted by molar-refractivity contribution is 0.0711. The number of hydrogen-bond acceptors (Lipinski definition) is 5. The number of pyridine rings is 1. The minimum atomic E-state index is 0.0851. The number of carbonyl (C=O) groups is 1. The number of amides is 1. The molecule has 1 amide bonds. The molecule has 0 N–H and O–H groups in total. The third kappa shape index (κ3) is 3.49. The molecule has 0 saturated carbocycles. The van der Waals surface area contributed by atoms with Gasteiger partial charge in [0.15, 0.2) is 5.65 Å². The van der Waals surface area contributed by atoms with E-state index in [0.29, 0.717) is 12.5 Å². The van der Waals surface area contributed by atoms with Gasteiger partial charge < -0.3 is 4.90 Å². The number of nitrogens with zero attached hydrogens (tertiary/aromatic N) is 7. The lowest BCUT2D eigenvalue weighted by atomic mass is 9.95. The standard InChI is InChI=1S/C21H21N7O/c29-21(18-6-4-16(5-7-18)13-27-15-22-14-23-27)26-11-8-17(9-12-26)20-25-24-19-3-1-2-10-28(19)20/h1-7,10,14-15,17H,8-9,11-13H2. The fourth-order valence-corrected chi connectivity index (χ4v) is 3.92. The van der Waals surface area contributed by atoms with E-state index in [9.17, 15) is 4.79 Å². The quantitative estimate of drug-likeness (QED) is 0.537. The molecular weight excluding hydrogens is 366 g/mol. The average Bonchev–Trinajstić information content (AvgIpc) is 3.44. The van der Waals surface area contributed by atoms with Crippen molar-refractivity contribution in [3.05, 3.63) is 78.3 Å². The van der Waals surface area contributed by atoms with Crippen LogP contribution in [0.5, 0.6) is 0 Å². The second kappa shape index (κ2) is 7.46. The summed E-state index contributed by atoms with van der Waals surface area (Å²) >= 11 is 0. The number of likely N-dealkylation sites (tertiary alicyclic amines) is 1. The van der Waals surface area contributed by atoms with Gasteiger partial charge in [-0.05, 0) is 42.7 Å². The molecule has 0 unspecified atom stereocenters. The molecule has 1 aliphatic heterocycles. The maximum Gasteiger partial charge on any atom is 0.253 e. The van der Waals surface area contributed by atoms with Crippen LogP contribution in [-0.2, 0) is 6.54 Å². The van der Waals surface area contributed by atoms with E-state index in [2.05, 4.69) is 24.7 Å². The molecule has 146 valence electrons. The topological polar surface area (TPSA) is 81.2 Å². The Hall–Kier alpha value is -3.55. The minimum Gasteiger partial charge on any atom is -0.339 e. The zero-order valence-corrected chi connectivity index (χ0v) is 15.9. The highest BCUT2D eigenvalue weighted by molar-refractivity contribution is 5.94. The van der Waals surface area contributed by atoms with E-state index in [0.717, 1.165) is 48.5 Å². The predicted molar refractivity (Wildman–Crippen MR) is 106 cm³/mol. The van der Waals surface area contributed by atoms with Crippen LogP contribution in [-0.4, -0.2) is 53.3 Å². The Balaban J connectivity index is 1.23. The van der Waals surface area contributed by atoms with Crippen LogP contribution in [0.4, 0.5) is 0 Å². The van der Waals surface area contributed by atoms with Gasteiger partial charge in [-0.15, -0.1) is 10.2 Å². The first-order chi connectivity index (χ1) is 14.3. The molecule has 0 spiro atoms. The van der Waals surface area contributed by atoms with Gasteiger partial charge in [0, 0.05) is 30.8 Å². The van der Waals surface area contributed by atoms with Crippen molar-refractivity contribution in [2.75, 3.05) is 13.1 Å². The number of piperidine rings is 1. The SMILES string of the molecule is O=C(c1ccc(Cn2cncn2)cc1)N1CCC(c2nnc3ccccn23)CC1. The molecular formula is C21H21N7O. The van der Waals surface area contributed by atoms with Crippen LogP contribution in [0, 0.1) is 0 Å². The van der Waals surface area contributed by atoms with Gasteiger partial charge in [0.05, 0.1) is 6.54 Å². The molecule has 4 heterocycles. The van der Waals surface area contributed by atoms with E-state index in [-0.39, 0.29) is 5.91 Å². The molecule has 0 bridgehead atoms. The van der Waals surface area contributed by atoms with Gasteiger partial charge in [0.2, 0.25) is 0 Å². The van der Waals surface area contributed by atoms with E-state index in [1.807, 2.05) is 53.6 Å². The number of carbonyl (C=O) groups excluding carboxylic acids is 1. The first-order valence-electron chi connectivity index (χ1n) is 9.78. The highest BCUT2D eigenvalue weighted by Crippen LogP contribution is 2.27. The summed E-state index contributed by atoms with van der Waals surface area (Å²) in [6, 6.07) is 13.7. The summed E-state index contributed by atoms with van der Waals surface area (Å²) in [5.41, 5.74) is 2.68. The zero-order valence-electron chi connectivity index (χ0n) is 15.9.